The minimum Gasteiger partial charge on any atom is -0.396 e. The van der Waals surface area contributed by atoms with Gasteiger partial charge >= 0.3 is 0 Å². The van der Waals surface area contributed by atoms with Crippen LogP contribution in [0.3, 0.4) is 0 Å². The van der Waals surface area contributed by atoms with Crippen LogP contribution in [0.4, 0.5) is 11.8 Å². The molecule has 3 heterocycles. The van der Waals surface area contributed by atoms with E-state index in [-0.39, 0.29) is 18.1 Å². The number of rotatable bonds is 6. The lowest BCUT2D eigenvalue weighted by Gasteiger charge is -2.28. The van der Waals surface area contributed by atoms with Crippen LogP contribution in [0.5, 0.6) is 0 Å². The number of aliphatic hydroxyl groups is 3. The Bertz CT molecular complexity index is 1100. The van der Waals surface area contributed by atoms with Crippen LogP contribution in [0.2, 0.25) is 0 Å². The number of aliphatic hydroxyl groups excluding tert-OH is 3. The van der Waals surface area contributed by atoms with E-state index in [9.17, 15) is 15.3 Å². The largest absolute Gasteiger partial charge is 0.396 e. The van der Waals surface area contributed by atoms with Crippen molar-refractivity contribution in [2.75, 3.05) is 17.2 Å². The van der Waals surface area contributed by atoms with E-state index in [2.05, 4.69) is 43.3 Å². The molecule has 1 fully saturated rings. The van der Waals surface area contributed by atoms with Crippen molar-refractivity contribution in [3.8, 4) is 10.6 Å². The molecule has 5 N–H and O–H groups in total. The second-order valence-corrected chi connectivity index (χ2v) is 10.9. The number of thiazole rings is 1. The zero-order valence-corrected chi connectivity index (χ0v) is 20.4. The lowest BCUT2D eigenvalue weighted by atomic mass is 9.88. The Morgan fingerprint density at radius 3 is 2.58 bits per heavy atom. The van der Waals surface area contributed by atoms with Crippen LogP contribution in [0.1, 0.15) is 39.8 Å². The van der Waals surface area contributed by atoms with Crippen LogP contribution < -0.4 is 10.6 Å². The minimum absolute atomic E-state index is 0.00363. The number of aryl methyl sites for hydroxylation is 1. The van der Waals surface area contributed by atoms with Crippen molar-refractivity contribution in [3.63, 3.8) is 0 Å². The van der Waals surface area contributed by atoms with Gasteiger partial charge in [0.15, 0.2) is 0 Å². The summed E-state index contributed by atoms with van der Waals surface area (Å²) in [5.41, 5.74) is 2.29. The number of hydrogen-bond acceptors (Lipinski definition) is 10. The SMILES string of the molecule is Cc1nc(N[C@@H](C)C(C)(C)C)nc(N[C@@H]2C[C@H](CO)[C@@H](O)[C@H]2O)c1-c1nc2cnccc2s1. The van der Waals surface area contributed by atoms with E-state index in [0.29, 0.717) is 18.2 Å². The summed E-state index contributed by atoms with van der Waals surface area (Å²) in [5, 5.41) is 37.9. The van der Waals surface area contributed by atoms with E-state index < -0.39 is 24.2 Å². The summed E-state index contributed by atoms with van der Waals surface area (Å²) in [6, 6.07) is 1.57. The third kappa shape index (κ3) is 4.79. The van der Waals surface area contributed by atoms with E-state index in [0.717, 1.165) is 26.5 Å². The van der Waals surface area contributed by atoms with Gasteiger partial charge in [-0.05, 0) is 31.7 Å². The molecule has 0 unspecified atom stereocenters. The molecule has 1 aliphatic rings. The molecule has 3 aromatic heterocycles. The first-order chi connectivity index (χ1) is 15.6. The number of nitrogens with one attached hydrogen (secondary N) is 2. The van der Waals surface area contributed by atoms with E-state index in [1.807, 2.05) is 13.0 Å². The molecule has 178 valence electrons. The van der Waals surface area contributed by atoms with Crippen molar-refractivity contribution in [2.24, 2.45) is 11.3 Å². The maximum Gasteiger partial charge on any atom is 0.225 e. The Labute approximate surface area is 197 Å². The van der Waals surface area contributed by atoms with Gasteiger partial charge in [-0.1, -0.05) is 20.8 Å². The van der Waals surface area contributed by atoms with Gasteiger partial charge in [0, 0.05) is 24.8 Å². The normalized spacial score (nSPS) is 24.2. The number of fused-ring (bicyclic) bond motifs is 1. The van der Waals surface area contributed by atoms with E-state index in [1.54, 1.807) is 12.4 Å². The average Bonchev–Trinajstić information content (AvgIpc) is 3.28. The Morgan fingerprint density at radius 1 is 1.18 bits per heavy atom. The first-order valence-corrected chi connectivity index (χ1v) is 12.0. The monoisotopic (exact) mass is 472 g/mol. The smallest absolute Gasteiger partial charge is 0.225 e. The Kier molecular flexibility index (Phi) is 6.54. The summed E-state index contributed by atoms with van der Waals surface area (Å²) < 4.78 is 1.01. The summed E-state index contributed by atoms with van der Waals surface area (Å²) in [5.74, 6) is 0.625. The molecular formula is C23H32N6O3S. The zero-order valence-electron chi connectivity index (χ0n) is 19.6. The summed E-state index contributed by atoms with van der Waals surface area (Å²) in [4.78, 5) is 18.4. The molecule has 0 saturated heterocycles. The molecule has 3 aromatic rings. The maximum absolute atomic E-state index is 10.6. The molecule has 9 nitrogen and oxygen atoms in total. The highest BCUT2D eigenvalue weighted by Gasteiger charge is 2.41. The molecule has 0 amide bonds. The van der Waals surface area contributed by atoms with Crippen LogP contribution in [-0.4, -0.2) is 66.2 Å². The van der Waals surface area contributed by atoms with Crippen molar-refractivity contribution in [2.45, 2.75) is 65.3 Å². The number of hydrogen-bond donors (Lipinski definition) is 5. The van der Waals surface area contributed by atoms with Gasteiger partial charge in [-0.15, -0.1) is 11.3 Å². The lowest BCUT2D eigenvalue weighted by molar-refractivity contribution is 0.00446. The Morgan fingerprint density at radius 2 is 1.94 bits per heavy atom. The van der Waals surface area contributed by atoms with Crippen molar-refractivity contribution in [1.29, 1.82) is 0 Å². The first kappa shape index (κ1) is 23.7. The summed E-state index contributed by atoms with van der Waals surface area (Å²) >= 11 is 1.52. The maximum atomic E-state index is 10.6. The Balaban J connectivity index is 1.76. The average molecular weight is 473 g/mol. The third-order valence-corrected chi connectivity index (χ3v) is 7.55. The van der Waals surface area contributed by atoms with E-state index in [4.69, 9.17) is 15.0 Å². The minimum atomic E-state index is -1.02. The number of nitrogens with zero attached hydrogens (tertiary/aromatic N) is 4. The predicted octanol–water partition coefficient (Wildman–Crippen LogP) is 2.82. The van der Waals surface area contributed by atoms with Gasteiger partial charge in [-0.3, -0.25) is 4.98 Å². The molecular weight excluding hydrogens is 440 g/mol. The fourth-order valence-electron chi connectivity index (χ4n) is 3.92. The number of anilines is 2. The van der Waals surface area contributed by atoms with Crippen LogP contribution in [0, 0.1) is 18.3 Å². The predicted molar refractivity (Wildman–Crippen MR) is 130 cm³/mol. The van der Waals surface area contributed by atoms with Gasteiger partial charge in [0.2, 0.25) is 5.95 Å². The molecule has 5 atom stereocenters. The summed E-state index contributed by atoms with van der Waals surface area (Å²) in [6.07, 6.45) is 1.87. The fourth-order valence-corrected chi connectivity index (χ4v) is 4.95. The molecule has 1 saturated carbocycles. The second kappa shape index (κ2) is 9.09. The van der Waals surface area contributed by atoms with Crippen LogP contribution in [-0.2, 0) is 0 Å². The molecule has 0 spiro atoms. The Hall–Kier alpha value is -2.40. The van der Waals surface area contributed by atoms with Crippen molar-refractivity contribution >= 4 is 33.3 Å². The molecule has 4 rings (SSSR count). The lowest BCUT2D eigenvalue weighted by Crippen LogP contribution is -2.36. The fraction of sp³-hybridized carbons (Fsp3) is 0.565. The van der Waals surface area contributed by atoms with E-state index >= 15 is 0 Å². The van der Waals surface area contributed by atoms with Gasteiger partial charge in [-0.25, -0.2) is 9.97 Å². The van der Waals surface area contributed by atoms with Gasteiger partial charge < -0.3 is 26.0 Å². The first-order valence-electron chi connectivity index (χ1n) is 11.2. The number of aromatic nitrogens is 4. The topological polar surface area (TPSA) is 136 Å². The van der Waals surface area contributed by atoms with Crippen molar-refractivity contribution in [1.82, 2.24) is 19.9 Å². The molecule has 0 aromatic carbocycles. The summed E-state index contributed by atoms with van der Waals surface area (Å²) in [7, 11) is 0. The quantitative estimate of drug-likeness (QED) is 0.367. The van der Waals surface area contributed by atoms with Gasteiger partial charge in [0.05, 0.1) is 34.3 Å². The standard InChI is InChI=1S/C23H32N6O3S/c1-11-17(21-28-15-9-24-7-6-16(15)33-21)20(27-14-8-13(10-30)18(31)19(14)32)29-22(25-11)26-12(2)23(3,4)5/h6-7,9,12-14,18-19,30-32H,8,10H2,1-5H3,(H2,25,26,27,29)/t12-,13+,14+,18+,19-/m0/s1. The van der Waals surface area contributed by atoms with Crippen LogP contribution in [0.15, 0.2) is 18.5 Å². The third-order valence-electron chi connectivity index (χ3n) is 6.50. The highest BCUT2D eigenvalue weighted by molar-refractivity contribution is 7.21. The van der Waals surface area contributed by atoms with Crippen LogP contribution in [0.25, 0.3) is 20.8 Å². The highest BCUT2D eigenvalue weighted by atomic mass is 32.1. The highest BCUT2D eigenvalue weighted by Crippen LogP contribution is 2.38. The van der Waals surface area contributed by atoms with Crippen molar-refractivity contribution < 1.29 is 15.3 Å². The molecule has 0 aliphatic heterocycles. The molecule has 0 radical (unpaired) electrons. The number of pyridine rings is 1. The molecule has 33 heavy (non-hydrogen) atoms. The molecule has 0 bridgehead atoms. The van der Waals surface area contributed by atoms with E-state index in [1.165, 1.54) is 11.3 Å². The molecule has 1 aliphatic carbocycles. The van der Waals surface area contributed by atoms with Crippen molar-refractivity contribution in [3.05, 3.63) is 24.2 Å². The van der Waals surface area contributed by atoms with Crippen LogP contribution >= 0.6 is 11.3 Å². The van der Waals surface area contributed by atoms with Gasteiger partial charge in [0.25, 0.3) is 0 Å². The zero-order chi connectivity index (χ0) is 23.9. The summed E-state index contributed by atoms with van der Waals surface area (Å²) in [6.45, 7) is 10.2. The van der Waals surface area contributed by atoms with Gasteiger partial charge in [0.1, 0.15) is 22.4 Å². The second-order valence-electron chi connectivity index (χ2n) is 9.86. The van der Waals surface area contributed by atoms with Gasteiger partial charge in [-0.2, -0.15) is 4.98 Å². The molecule has 10 heteroatoms.